The molecule has 0 aromatic heterocycles. The summed E-state index contributed by atoms with van der Waals surface area (Å²) in [4.78, 5) is 11.7. The summed E-state index contributed by atoms with van der Waals surface area (Å²) in [5.41, 5.74) is 1.09. The molecule has 2 aromatic rings. The smallest absolute Gasteiger partial charge is 0.308 e. The van der Waals surface area contributed by atoms with Gasteiger partial charge in [-0.1, -0.05) is 29.3 Å². The maximum Gasteiger partial charge on any atom is 0.308 e. The monoisotopic (exact) mass is 414 g/mol. The van der Waals surface area contributed by atoms with Crippen LogP contribution in [0.3, 0.4) is 0 Å². The van der Waals surface area contributed by atoms with Crippen molar-refractivity contribution in [3.05, 3.63) is 63.4 Å². The van der Waals surface area contributed by atoms with Crippen molar-refractivity contribution in [3.63, 3.8) is 0 Å². The Balaban J connectivity index is 2.08. The minimum absolute atomic E-state index is 0.0535. The van der Waals surface area contributed by atoms with Crippen LogP contribution in [0.2, 0.25) is 10.0 Å². The number of carbonyl (C=O) groups is 1. The Hall–Kier alpha value is -1.82. The maximum absolute atomic E-state index is 14.6. The van der Waals surface area contributed by atoms with Crippen LogP contribution >= 0.6 is 23.2 Å². The minimum Gasteiger partial charge on any atom is -0.489 e. The van der Waals surface area contributed by atoms with Crippen LogP contribution in [-0.2, 0) is 20.9 Å². The SMILES string of the molecule is CCOC(=O)CC(OCC)c1ccc(OCc2ccc(Cl)c(Cl)c2)cc1F. The van der Waals surface area contributed by atoms with Gasteiger partial charge in [-0.05, 0) is 43.7 Å². The molecule has 0 saturated heterocycles. The minimum atomic E-state index is -0.710. The molecule has 4 nitrogen and oxygen atoms in total. The molecule has 0 aliphatic rings. The van der Waals surface area contributed by atoms with E-state index in [1.807, 2.05) is 0 Å². The molecule has 1 unspecified atom stereocenters. The molecule has 0 amide bonds. The highest BCUT2D eigenvalue weighted by atomic mass is 35.5. The number of rotatable bonds is 9. The average molecular weight is 415 g/mol. The van der Waals surface area contributed by atoms with Crippen LogP contribution in [0.25, 0.3) is 0 Å². The molecule has 27 heavy (non-hydrogen) atoms. The third-order valence-electron chi connectivity index (χ3n) is 3.73. The zero-order valence-electron chi connectivity index (χ0n) is 15.1. The summed E-state index contributed by atoms with van der Waals surface area (Å²) in [6.07, 6.45) is -0.764. The summed E-state index contributed by atoms with van der Waals surface area (Å²) in [6.45, 7) is 4.33. The molecule has 0 N–H and O–H groups in total. The van der Waals surface area contributed by atoms with Crippen molar-refractivity contribution < 1.29 is 23.4 Å². The predicted octanol–water partition coefficient (Wildman–Crippen LogP) is 5.74. The van der Waals surface area contributed by atoms with Gasteiger partial charge in [0.2, 0.25) is 0 Å². The number of hydrogen-bond donors (Lipinski definition) is 0. The van der Waals surface area contributed by atoms with Crippen LogP contribution < -0.4 is 4.74 Å². The third kappa shape index (κ3) is 6.38. The molecule has 2 aromatic carbocycles. The number of ether oxygens (including phenoxy) is 3. The standard InChI is InChI=1S/C20H21Cl2FO4/c1-3-25-19(11-20(24)26-4-2)15-7-6-14(10-18(15)23)27-12-13-5-8-16(21)17(22)9-13/h5-10,19H,3-4,11-12H2,1-2H3. The van der Waals surface area contributed by atoms with E-state index in [9.17, 15) is 9.18 Å². The van der Waals surface area contributed by atoms with E-state index in [1.54, 1.807) is 44.2 Å². The van der Waals surface area contributed by atoms with Crippen molar-refractivity contribution in [1.29, 1.82) is 0 Å². The molecule has 0 fully saturated rings. The Labute approximate surface area is 168 Å². The topological polar surface area (TPSA) is 44.8 Å². The molecular weight excluding hydrogens is 394 g/mol. The number of halogens is 3. The summed E-state index contributed by atoms with van der Waals surface area (Å²) in [5.74, 6) is -0.589. The summed E-state index contributed by atoms with van der Waals surface area (Å²) >= 11 is 11.9. The van der Waals surface area contributed by atoms with Crippen molar-refractivity contribution in [3.8, 4) is 5.75 Å². The van der Waals surface area contributed by atoms with Gasteiger partial charge in [-0.15, -0.1) is 0 Å². The molecule has 0 aliphatic heterocycles. The molecule has 2 rings (SSSR count). The molecule has 7 heteroatoms. The van der Waals surface area contributed by atoms with E-state index in [1.165, 1.54) is 6.07 Å². The Bertz CT molecular complexity index is 783. The van der Waals surface area contributed by atoms with Crippen molar-refractivity contribution in [2.75, 3.05) is 13.2 Å². The van der Waals surface area contributed by atoms with Crippen molar-refractivity contribution in [2.45, 2.75) is 33.0 Å². The highest BCUT2D eigenvalue weighted by Crippen LogP contribution is 2.28. The quantitative estimate of drug-likeness (QED) is 0.490. The zero-order chi connectivity index (χ0) is 19.8. The fourth-order valence-corrected chi connectivity index (χ4v) is 2.81. The molecule has 0 heterocycles. The second-order valence-electron chi connectivity index (χ2n) is 5.67. The van der Waals surface area contributed by atoms with E-state index in [4.69, 9.17) is 37.4 Å². The van der Waals surface area contributed by atoms with Crippen LogP contribution in [0.1, 0.15) is 37.5 Å². The normalized spacial score (nSPS) is 11.9. The van der Waals surface area contributed by atoms with E-state index in [2.05, 4.69) is 0 Å². The first kappa shape index (κ1) is 21.5. The van der Waals surface area contributed by atoms with Gasteiger partial charge >= 0.3 is 5.97 Å². The number of esters is 1. The Morgan fingerprint density at radius 2 is 1.85 bits per heavy atom. The fraction of sp³-hybridized carbons (Fsp3) is 0.350. The molecular formula is C20H21Cl2FO4. The number of carbonyl (C=O) groups excluding carboxylic acids is 1. The van der Waals surface area contributed by atoms with Crippen LogP contribution in [-0.4, -0.2) is 19.2 Å². The van der Waals surface area contributed by atoms with Crippen LogP contribution in [0.15, 0.2) is 36.4 Å². The van der Waals surface area contributed by atoms with Crippen molar-refractivity contribution in [1.82, 2.24) is 0 Å². The lowest BCUT2D eigenvalue weighted by atomic mass is 10.1. The summed E-state index contributed by atoms with van der Waals surface area (Å²) in [7, 11) is 0. The first-order valence-electron chi connectivity index (χ1n) is 8.58. The number of hydrogen-bond acceptors (Lipinski definition) is 4. The lowest BCUT2D eigenvalue weighted by Gasteiger charge is -2.18. The van der Waals surface area contributed by atoms with Crippen LogP contribution in [0, 0.1) is 5.82 Å². The van der Waals surface area contributed by atoms with Crippen LogP contribution in [0.4, 0.5) is 4.39 Å². The van der Waals surface area contributed by atoms with E-state index in [0.29, 0.717) is 22.4 Å². The average Bonchev–Trinajstić information content (AvgIpc) is 2.63. The molecule has 0 spiro atoms. The third-order valence-corrected chi connectivity index (χ3v) is 4.47. The van der Waals surface area contributed by atoms with E-state index >= 15 is 0 Å². The van der Waals surface area contributed by atoms with E-state index in [0.717, 1.165) is 5.56 Å². The van der Waals surface area contributed by atoms with Crippen LogP contribution in [0.5, 0.6) is 5.75 Å². The summed E-state index contributed by atoms with van der Waals surface area (Å²) in [5, 5.41) is 0.886. The fourth-order valence-electron chi connectivity index (χ4n) is 2.49. The van der Waals surface area contributed by atoms with Crippen molar-refractivity contribution in [2.24, 2.45) is 0 Å². The van der Waals surface area contributed by atoms with Gasteiger partial charge in [0.15, 0.2) is 0 Å². The second kappa shape index (κ2) is 10.5. The highest BCUT2D eigenvalue weighted by Gasteiger charge is 2.21. The highest BCUT2D eigenvalue weighted by molar-refractivity contribution is 6.42. The van der Waals surface area contributed by atoms with Gasteiger partial charge < -0.3 is 14.2 Å². The first-order valence-corrected chi connectivity index (χ1v) is 9.33. The lowest BCUT2D eigenvalue weighted by Crippen LogP contribution is -2.14. The van der Waals surface area contributed by atoms with Crippen molar-refractivity contribution >= 4 is 29.2 Å². The van der Waals surface area contributed by atoms with Gasteiger partial charge in [0, 0.05) is 18.2 Å². The molecule has 0 aliphatic carbocycles. The van der Waals surface area contributed by atoms with Gasteiger partial charge in [0.05, 0.1) is 29.2 Å². The molecule has 0 radical (unpaired) electrons. The molecule has 0 bridgehead atoms. The second-order valence-corrected chi connectivity index (χ2v) is 6.49. The van der Waals surface area contributed by atoms with Gasteiger partial charge in [-0.25, -0.2) is 4.39 Å². The molecule has 146 valence electrons. The van der Waals surface area contributed by atoms with Gasteiger partial charge in [-0.3, -0.25) is 4.79 Å². The Morgan fingerprint density at radius 1 is 1.07 bits per heavy atom. The van der Waals surface area contributed by atoms with E-state index in [-0.39, 0.29) is 25.2 Å². The summed E-state index contributed by atoms with van der Waals surface area (Å²) in [6, 6.07) is 9.60. The molecule has 1 atom stereocenters. The Kier molecular flexibility index (Phi) is 8.35. The predicted molar refractivity (Wildman–Crippen MR) is 103 cm³/mol. The van der Waals surface area contributed by atoms with E-state index < -0.39 is 17.9 Å². The van der Waals surface area contributed by atoms with Gasteiger partial charge in [0.1, 0.15) is 18.2 Å². The van der Waals surface area contributed by atoms with Gasteiger partial charge in [0.25, 0.3) is 0 Å². The first-order chi connectivity index (χ1) is 12.9. The number of benzene rings is 2. The molecule has 0 saturated carbocycles. The largest absolute Gasteiger partial charge is 0.489 e. The summed E-state index contributed by atoms with van der Waals surface area (Å²) < 4.78 is 30.6. The Morgan fingerprint density at radius 3 is 2.48 bits per heavy atom. The van der Waals surface area contributed by atoms with Gasteiger partial charge in [-0.2, -0.15) is 0 Å². The zero-order valence-corrected chi connectivity index (χ0v) is 16.6. The lowest BCUT2D eigenvalue weighted by molar-refractivity contribution is -0.146. The maximum atomic E-state index is 14.6.